The quantitative estimate of drug-likeness (QED) is 0.797. The van der Waals surface area contributed by atoms with Crippen molar-refractivity contribution < 1.29 is 13.9 Å². The first kappa shape index (κ1) is 13.4. The van der Waals surface area contributed by atoms with Crippen LogP contribution in [0.25, 0.3) is 0 Å². The lowest BCUT2D eigenvalue weighted by Gasteiger charge is -2.25. The Balaban J connectivity index is 2.06. The van der Waals surface area contributed by atoms with Gasteiger partial charge in [-0.25, -0.2) is 4.39 Å². The van der Waals surface area contributed by atoms with Gasteiger partial charge in [-0.1, -0.05) is 12.1 Å². The van der Waals surface area contributed by atoms with Crippen molar-refractivity contribution in [2.24, 2.45) is 4.99 Å². The number of rotatable bonds is 2. The molecule has 5 nitrogen and oxygen atoms in total. The molecule has 2 aromatic rings. The molecule has 1 amide bonds. The van der Waals surface area contributed by atoms with E-state index in [-0.39, 0.29) is 10.3 Å². The Bertz CT molecular complexity index is 715. The summed E-state index contributed by atoms with van der Waals surface area (Å²) in [6, 6.07) is 7.76. The fourth-order valence-electron chi connectivity index (χ4n) is 2.42. The molecule has 0 N–H and O–H groups in total. The predicted molar refractivity (Wildman–Crippen MR) is 76.7 cm³/mol. The van der Waals surface area contributed by atoms with Gasteiger partial charge in [0, 0.05) is 17.8 Å². The molecule has 2 heterocycles. The average Bonchev–Trinajstić information content (AvgIpc) is 2.89. The lowest BCUT2D eigenvalue weighted by Crippen LogP contribution is -2.50. The van der Waals surface area contributed by atoms with Crippen LogP contribution in [-0.4, -0.2) is 24.5 Å². The Hall–Kier alpha value is -2.60. The highest BCUT2D eigenvalue weighted by Crippen LogP contribution is 2.39. The van der Waals surface area contributed by atoms with E-state index in [4.69, 9.17) is 4.74 Å². The molecule has 1 aromatic carbocycles. The fraction of sp³-hybridized carbons (Fsp3) is 0.133. The topological polar surface area (TPSA) is 51.5 Å². The fourth-order valence-corrected chi connectivity index (χ4v) is 2.42. The molecule has 21 heavy (non-hydrogen) atoms. The third-order valence-corrected chi connectivity index (χ3v) is 3.45. The normalized spacial score (nSPS) is 19.3. The van der Waals surface area contributed by atoms with Crippen LogP contribution >= 0.6 is 0 Å². The van der Waals surface area contributed by atoms with Gasteiger partial charge in [-0.2, -0.15) is 9.79 Å². The van der Waals surface area contributed by atoms with Crippen molar-refractivity contribution >= 4 is 23.8 Å². The molecule has 0 fully saturated rings. The molecule has 1 atom stereocenters. The van der Waals surface area contributed by atoms with Gasteiger partial charge in [0.05, 0.1) is 13.3 Å². The number of carbonyl (C=O) groups is 1. The van der Waals surface area contributed by atoms with E-state index in [9.17, 15) is 9.18 Å². The van der Waals surface area contributed by atoms with Crippen LogP contribution in [0.1, 0.15) is 5.56 Å². The number of aromatic nitrogens is 1. The number of methoxy groups -OCH3 is 1. The van der Waals surface area contributed by atoms with Gasteiger partial charge >= 0.3 is 6.09 Å². The van der Waals surface area contributed by atoms with Gasteiger partial charge in [-0.3, -0.25) is 4.98 Å². The van der Waals surface area contributed by atoms with E-state index in [1.54, 1.807) is 30.6 Å². The molecule has 0 radical (unpaired) electrons. The molecule has 6 heteroatoms. The number of quaternary nitrogens is 1. The zero-order valence-electron chi connectivity index (χ0n) is 11.4. The summed E-state index contributed by atoms with van der Waals surface area (Å²) in [6.07, 6.45) is 4.28. The molecule has 1 aliphatic heterocycles. The van der Waals surface area contributed by atoms with Crippen LogP contribution in [0, 0.1) is 5.82 Å². The monoisotopic (exact) mass is 286 g/mol. The number of hydrogen-bond acceptors (Lipinski definition) is 4. The summed E-state index contributed by atoms with van der Waals surface area (Å²) >= 11 is 0. The summed E-state index contributed by atoms with van der Waals surface area (Å²) in [6.45, 7) is 0.299. The maximum Gasteiger partial charge on any atom is 0.527 e. The standard InChI is InChI=1S/C15H13FN3O2/c1-21-15(20)19(9-11-2-4-12(16)5-3-11)10-18-13-8-17-7-6-14(13)19/h2-8,10H,9H2,1H3/q+1. The number of pyridine rings is 1. The molecule has 0 bridgehead atoms. The summed E-state index contributed by atoms with van der Waals surface area (Å²) in [5.41, 5.74) is 2.13. The molecular formula is C15H13FN3O2+. The summed E-state index contributed by atoms with van der Waals surface area (Å²) in [5.74, 6) is -0.317. The van der Waals surface area contributed by atoms with Crippen LogP contribution < -0.4 is 4.48 Å². The lowest BCUT2D eigenvalue weighted by molar-refractivity contribution is 0.147. The van der Waals surface area contributed by atoms with Crippen molar-refractivity contribution in [2.75, 3.05) is 7.11 Å². The zero-order valence-corrected chi connectivity index (χ0v) is 11.4. The Morgan fingerprint density at radius 1 is 1.29 bits per heavy atom. The highest BCUT2D eigenvalue weighted by Gasteiger charge is 2.45. The molecule has 1 aliphatic rings. The van der Waals surface area contributed by atoms with Crippen molar-refractivity contribution in [3.8, 4) is 0 Å². The summed E-state index contributed by atoms with van der Waals surface area (Å²) < 4.78 is 17.8. The van der Waals surface area contributed by atoms with Crippen molar-refractivity contribution in [3.63, 3.8) is 0 Å². The van der Waals surface area contributed by atoms with Crippen LogP contribution in [0.15, 0.2) is 47.7 Å². The molecule has 0 saturated heterocycles. The summed E-state index contributed by atoms with van der Waals surface area (Å²) in [4.78, 5) is 20.6. The Labute approximate surface area is 120 Å². The molecule has 106 valence electrons. The van der Waals surface area contributed by atoms with Crippen molar-refractivity contribution in [2.45, 2.75) is 6.54 Å². The van der Waals surface area contributed by atoms with Crippen LogP contribution in [-0.2, 0) is 11.3 Å². The number of ether oxygens (including phenoxy) is 1. The van der Waals surface area contributed by atoms with E-state index in [0.29, 0.717) is 17.9 Å². The second-order valence-corrected chi connectivity index (χ2v) is 4.73. The SMILES string of the molecule is COC(=O)[N+]1(Cc2ccc(F)cc2)C=Nc2cnccc21. The van der Waals surface area contributed by atoms with E-state index in [1.807, 2.05) is 0 Å². The maximum absolute atomic E-state index is 13.0. The van der Waals surface area contributed by atoms with Crippen LogP contribution in [0.2, 0.25) is 0 Å². The number of hydrogen-bond donors (Lipinski definition) is 0. The first-order valence-corrected chi connectivity index (χ1v) is 6.36. The number of benzene rings is 1. The second kappa shape index (κ2) is 5.06. The van der Waals surface area contributed by atoms with Gasteiger partial charge in [-0.15, -0.1) is 4.48 Å². The summed E-state index contributed by atoms with van der Waals surface area (Å²) in [5, 5.41) is 0. The zero-order chi connectivity index (χ0) is 14.9. The number of halogens is 1. The van der Waals surface area contributed by atoms with E-state index in [1.165, 1.54) is 25.6 Å². The molecule has 1 unspecified atom stereocenters. The number of fused-ring (bicyclic) bond motifs is 1. The Morgan fingerprint density at radius 3 is 2.76 bits per heavy atom. The van der Waals surface area contributed by atoms with Gasteiger partial charge in [0.25, 0.3) is 0 Å². The van der Waals surface area contributed by atoms with Crippen molar-refractivity contribution in [3.05, 3.63) is 54.1 Å². The van der Waals surface area contributed by atoms with Gasteiger partial charge in [0.15, 0.2) is 5.69 Å². The van der Waals surface area contributed by atoms with Crippen LogP contribution in [0.4, 0.5) is 20.6 Å². The predicted octanol–water partition coefficient (Wildman–Crippen LogP) is 3.17. The minimum absolute atomic E-state index is 0.194. The van der Waals surface area contributed by atoms with Crippen LogP contribution in [0.5, 0.6) is 0 Å². The maximum atomic E-state index is 13.0. The lowest BCUT2D eigenvalue weighted by atomic mass is 10.1. The van der Waals surface area contributed by atoms with E-state index in [0.717, 1.165) is 5.56 Å². The van der Waals surface area contributed by atoms with Crippen molar-refractivity contribution in [1.29, 1.82) is 0 Å². The van der Waals surface area contributed by atoms with E-state index in [2.05, 4.69) is 9.98 Å². The first-order valence-electron chi connectivity index (χ1n) is 6.36. The minimum Gasteiger partial charge on any atom is -0.423 e. The highest BCUT2D eigenvalue weighted by molar-refractivity contribution is 6.05. The average molecular weight is 286 g/mol. The molecule has 0 saturated carbocycles. The van der Waals surface area contributed by atoms with Crippen LogP contribution in [0.3, 0.4) is 0 Å². The molecule has 0 spiro atoms. The Morgan fingerprint density at radius 2 is 2.05 bits per heavy atom. The van der Waals surface area contributed by atoms with Gasteiger partial charge in [0.1, 0.15) is 18.0 Å². The van der Waals surface area contributed by atoms with Gasteiger partial charge < -0.3 is 4.74 Å². The molecule has 1 aromatic heterocycles. The number of amides is 1. The third-order valence-electron chi connectivity index (χ3n) is 3.45. The largest absolute Gasteiger partial charge is 0.527 e. The number of nitrogens with zero attached hydrogens (tertiary/aromatic N) is 3. The third kappa shape index (κ3) is 2.19. The molecule has 0 aliphatic carbocycles. The second-order valence-electron chi connectivity index (χ2n) is 4.73. The summed E-state index contributed by atoms with van der Waals surface area (Å²) in [7, 11) is 1.33. The first-order chi connectivity index (χ1) is 10.2. The molecular weight excluding hydrogens is 273 g/mol. The Kier molecular flexibility index (Phi) is 3.23. The minimum atomic E-state index is -0.451. The smallest absolute Gasteiger partial charge is 0.423 e. The van der Waals surface area contributed by atoms with Gasteiger partial charge in [-0.05, 0) is 12.1 Å². The van der Waals surface area contributed by atoms with Crippen molar-refractivity contribution in [1.82, 2.24) is 9.47 Å². The van der Waals surface area contributed by atoms with Gasteiger partial charge in [0.2, 0.25) is 6.34 Å². The highest BCUT2D eigenvalue weighted by atomic mass is 19.1. The van der Waals surface area contributed by atoms with E-state index >= 15 is 0 Å². The molecule has 3 rings (SSSR count). The number of carbonyl (C=O) groups excluding carboxylic acids is 1. The number of aliphatic imine (C=N–C) groups is 1. The van der Waals surface area contributed by atoms with E-state index < -0.39 is 6.09 Å².